The van der Waals surface area contributed by atoms with Crippen molar-refractivity contribution in [1.82, 2.24) is 14.7 Å². The van der Waals surface area contributed by atoms with Crippen molar-refractivity contribution in [1.29, 1.82) is 0 Å². The van der Waals surface area contributed by atoms with Crippen molar-refractivity contribution in [2.24, 2.45) is 0 Å². The number of rotatable bonds is 11. The topological polar surface area (TPSA) is 104 Å². The lowest BCUT2D eigenvalue weighted by Crippen LogP contribution is -2.36. The number of carbonyl (C=O) groups is 1. The van der Waals surface area contributed by atoms with Crippen LogP contribution in [0.5, 0.6) is 0 Å². The minimum absolute atomic E-state index is 0.0905. The molecule has 0 saturated heterocycles. The molecule has 2 aromatic heterocycles. The Morgan fingerprint density at radius 1 is 0.905 bits per heavy atom. The van der Waals surface area contributed by atoms with Crippen molar-refractivity contribution in [3.05, 3.63) is 130 Å². The normalized spacial score (nSPS) is 11.1. The zero-order valence-electron chi connectivity index (χ0n) is 22.4. The number of carbonyl (C=O) groups excluding carboxylic acids is 1. The van der Waals surface area contributed by atoms with E-state index in [-0.39, 0.29) is 18.5 Å². The Balaban J connectivity index is 1.35. The highest BCUT2D eigenvalue weighted by atomic mass is 35.5. The fourth-order valence-electron chi connectivity index (χ4n) is 4.64. The molecule has 0 aliphatic rings. The number of benzene rings is 3. The summed E-state index contributed by atoms with van der Waals surface area (Å²) in [6, 6.07) is 31.1. The third kappa shape index (κ3) is 7.59. The monoisotopic (exact) mass is 617 g/mol. The van der Waals surface area contributed by atoms with Gasteiger partial charge in [-0.15, -0.1) is 0 Å². The van der Waals surface area contributed by atoms with Gasteiger partial charge in [-0.25, -0.2) is 22.9 Å². The lowest BCUT2D eigenvalue weighted by Gasteiger charge is -2.26. The van der Waals surface area contributed by atoms with Crippen molar-refractivity contribution in [2.45, 2.75) is 18.9 Å². The number of hydrogen-bond donors (Lipinski definition) is 3. The summed E-state index contributed by atoms with van der Waals surface area (Å²) >= 11 is 7.70. The van der Waals surface area contributed by atoms with Crippen LogP contribution in [0, 0.1) is 0 Å². The molecule has 0 aliphatic heterocycles. The molecule has 0 aliphatic carbocycles. The largest absolute Gasteiger partial charge is 0.328 e. The standard InChI is InChI=1S/C31H28ClN5O3S2/c32-29-28(25-15-13-22(14-16-25)20-34-42(39)40)35-30(41-29)36-31(38)37(26-12-7-18-33-21-26)19-17-27(23-8-3-1-4-9-23)24-10-5-2-6-11-24/h1-16,18,21,27,42H,17,19-20H2,(H,34,39,40)(H,35,36,38). The van der Waals surface area contributed by atoms with E-state index < -0.39 is 10.9 Å². The van der Waals surface area contributed by atoms with Gasteiger partial charge >= 0.3 is 6.03 Å². The first kappa shape index (κ1) is 29.4. The van der Waals surface area contributed by atoms with E-state index in [4.69, 9.17) is 11.6 Å². The zero-order valence-corrected chi connectivity index (χ0v) is 24.9. The van der Waals surface area contributed by atoms with Crippen molar-refractivity contribution >= 4 is 50.7 Å². The van der Waals surface area contributed by atoms with Gasteiger partial charge in [0.25, 0.3) is 0 Å². The summed E-state index contributed by atoms with van der Waals surface area (Å²) in [6.07, 6.45) is 4.02. The molecule has 2 amide bonds. The number of hydrogen-bond acceptors (Lipinski definition) is 6. The highest BCUT2D eigenvalue weighted by Gasteiger charge is 2.22. The average Bonchev–Trinajstić information content (AvgIpc) is 3.39. The summed E-state index contributed by atoms with van der Waals surface area (Å²) < 4.78 is 24.4. The van der Waals surface area contributed by atoms with Crippen LogP contribution in [0.4, 0.5) is 15.6 Å². The van der Waals surface area contributed by atoms with Gasteiger partial charge in [0, 0.05) is 30.8 Å². The van der Waals surface area contributed by atoms with Gasteiger partial charge in [0.05, 0.1) is 11.9 Å². The predicted octanol–water partition coefficient (Wildman–Crippen LogP) is 6.74. The lowest BCUT2D eigenvalue weighted by atomic mass is 9.88. The van der Waals surface area contributed by atoms with E-state index in [0.29, 0.717) is 33.8 Å². The first-order valence-corrected chi connectivity index (χ1v) is 15.6. The van der Waals surface area contributed by atoms with Crippen LogP contribution in [0.3, 0.4) is 0 Å². The molecule has 0 spiro atoms. The van der Waals surface area contributed by atoms with Crippen LogP contribution in [0.2, 0.25) is 4.34 Å². The summed E-state index contributed by atoms with van der Waals surface area (Å²) in [7, 11) is -2.67. The van der Waals surface area contributed by atoms with E-state index in [1.54, 1.807) is 35.5 Å². The van der Waals surface area contributed by atoms with E-state index >= 15 is 0 Å². The quantitative estimate of drug-likeness (QED) is 0.143. The molecule has 2 heterocycles. The summed E-state index contributed by atoms with van der Waals surface area (Å²) in [4.78, 5) is 24.2. The van der Waals surface area contributed by atoms with Crippen LogP contribution in [0.25, 0.3) is 11.3 Å². The second-order valence-corrected chi connectivity index (χ2v) is 11.8. The SMILES string of the molecule is O=C(Nc1nc(-c2ccc(CN[SH](=O)=O)cc2)c(Cl)s1)N(CCC(c1ccccc1)c1ccccc1)c1cccnc1. The minimum atomic E-state index is -2.67. The maximum atomic E-state index is 13.7. The predicted molar refractivity (Wildman–Crippen MR) is 170 cm³/mol. The summed E-state index contributed by atoms with van der Waals surface area (Å²) in [6.45, 7) is 0.632. The van der Waals surface area contributed by atoms with Gasteiger partial charge < -0.3 is 0 Å². The summed E-state index contributed by atoms with van der Waals surface area (Å²) in [5.74, 6) is 0.0905. The minimum Gasteiger partial charge on any atom is -0.293 e. The maximum absolute atomic E-state index is 13.7. The molecular formula is C31H28ClN5O3S2. The average molecular weight is 618 g/mol. The Morgan fingerprint density at radius 2 is 1.57 bits per heavy atom. The molecular weight excluding hydrogens is 590 g/mol. The molecule has 0 fully saturated rings. The number of amides is 2. The van der Waals surface area contributed by atoms with Gasteiger partial charge in [0.2, 0.25) is 10.9 Å². The first-order chi connectivity index (χ1) is 20.5. The number of nitrogens with zero attached hydrogens (tertiary/aromatic N) is 3. The van der Waals surface area contributed by atoms with Gasteiger partial charge in [-0.2, -0.15) is 0 Å². The molecule has 214 valence electrons. The fourth-order valence-corrected chi connectivity index (χ4v) is 6.03. The second kappa shape index (κ2) is 14.2. The first-order valence-electron chi connectivity index (χ1n) is 13.2. The second-order valence-electron chi connectivity index (χ2n) is 9.39. The van der Waals surface area contributed by atoms with Crippen LogP contribution in [-0.2, 0) is 17.4 Å². The smallest absolute Gasteiger partial charge is 0.293 e. The van der Waals surface area contributed by atoms with E-state index in [1.807, 2.05) is 54.6 Å². The van der Waals surface area contributed by atoms with Gasteiger partial charge in [-0.05, 0) is 35.2 Å². The number of nitrogens with one attached hydrogen (secondary N) is 2. The number of thiazole rings is 1. The Morgan fingerprint density at radius 3 is 2.17 bits per heavy atom. The molecule has 5 rings (SSSR count). The molecule has 5 aromatic rings. The Bertz CT molecular complexity index is 1640. The molecule has 2 N–H and O–H groups in total. The third-order valence-corrected chi connectivity index (χ3v) is 8.27. The highest BCUT2D eigenvalue weighted by Crippen LogP contribution is 2.36. The number of aromatic nitrogens is 2. The Kier molecular flexibility index (Phi) is 9.94. The van der Waals surface area contributed by atoms with Crippen LogP contribution < -0.4 is 14.9 Å². The van der Waals surface area contributed by atoms with Gasteiger partial charge in [0.1, 0.15) is 10.0 Å². The lowest BCUT2D eigenvalue weighted by molar-refractivity contribution is 0.256. The van der Waals surface area contributed by atoms with Gasteiger partial charge in [0.15, 0.2) is 5.13 Å². The third-order valence-electron chi connectivity index (χ3n) is 6.69. The molecule has 42 heavy (non-hydrogen) atoms. The molecule has 8 nitrogen and oxygen atoms in total. The zero-order chi connectivity index (χ0) is 29.3. The molecule has 0 bridgehead atoms. The molecule has 11 heteroatoms. The van der Waals surface area contributed by atoms with Crippen LogP contribution in [0.15, 0.2) is 109 Å². The molecule has 0 unspecified atom stereocenters. The van der Waals surface area contributed by atoms with Crippen molar-refractivity contribution in [3.8, 4) is 11.3 Å². The van der Waals surface area contributed by atoms with Crippen LogP contribution in [-0.4, -0.2) is 31.0 Å². The maximum Gasteiger partial charge on any atom is 0.328 e. The highest BCUT2D eigenvalue weighted by molar-refractivity contribution is 7.70. The van der Waals surface area contributed by atoms with E-state index in [1.165, 1.54) is 22.5 Å². The van der Waals surface area contributed by atoms with E-state index in [0.717, 1.165) is 11.1 Å². The fraction of sp³-hybridized carbons (Fsp3) is 0.129. The van der Waals surface area contributed by atoms with Gasteiger partial charge in [-0.1, -0.05) is 108 Å². The van der Waals surface area contributed by atoms with Crippen molar-refractivity contribution in [3.63, 3.8) is 0 Å². The van der Waals surface area contributed by atoms with Gasteiger partial charge in [-0.3, -0.25) is 15.2 Å². The number of urea groups is 1. The molecule has 0 saturated carbocycles. The van der Waals surface area contributed by atoms with Crippen molar-refractivity contribution < 1.29 is 13.2 Å². The Labute approximate surface area is 255 Å². The van der Waals surface area contributed by atoms with Crippen molar-refractivity contribution in [2.75, 3.05) is 16.8 Å². The number of anilines is 2. The number of halogens is 1. The molecule has 3 aromatic carbocycles. The summed E-state index contributed by atoms with van der Waals surface area (Å²) in [5, 5.41) is 3.29. The van der Waals surface area contributed by atoms with Crippen LogP contribution >= 0.6 is 22.9 Å². The van der Waals surface area contributed by atoms with Crippen LogP contribution in [0.1, 0.15) is 29.0 Å². The molecule has 0 atom stereocenters. The van der Waals surface area contributed by atoms with E-state index in [2.05, 4.69) is 44.3 Å². The summed E-state index contributed by atoms with van der Waals surface area (Å²) in [5.41, 5.74) is 5.11. The van der Waals surface area contributed by atoms with E-state index in [9.17, 15) is 13.2 Å². The Hall–Kier alpha value is -4.09. The molecule has 0 radical (unpaired) electrons. The number of thiol groups is 1. The number of pyridine rings is 1.